The Bertz CT molecular complexity index is 1130. The first-order chi connectivity index (χ1) is 15.5. The van der Waals surface area contributed by atoms with Gasteiger partial charge >= 0.3 is 11.9 Å². The van der Waals surface area contributed by atoms with Crippen LogP contribution in [0, 0.1) is 5.92 Å². The average molecular weight is 470 g/mol. The summed E-state index contributed by atoms with van der Waals surface area (Å²) in [6.45, 7) is 3.83. The summed E-state index contributed by atoms with van der Waals surface area (Å²) in [4.78, 5) is 30.8. The van der Waals surface area contributed by atoms with E-state index in [0.29, 0.717) is 22.7 Å². The van der Waals surface area contributed by atoms with Crippen LogP contribution >= 0.6 is 10.8 Å². The molecule has 4 rings (SSSR count). The van der Waals surface area contributed by atoms with Crippen molar-refractivity contribution >= 4 is 38.3 Å². The normalized spacial score (nSPS) is 20.9. The van der Waals surface area contributed by atoms with Crippen molar-refractivity contribution < 1.29 is 23.3 Å². The number of rotatable bonds is 7. The molecule has 166 valence electrons. The lowest BCUT2D eigenvalue weighted by atomic mass is 9.76. The van der Waals surface area contributed by atoms with Crippen LogP contribution in [0.1, 0.15) is 30.9 Å². The zero-order valence-corrected chi connectivity index (χ0v) is 19.4. The highest BCUT2D eigenvalue weighted by atomic mass is 33.1. The number of esters is 2. The number of cyclic esters (lactones) is 1. The van der Waals surface area contributed by atoms with Gasteiger partial charge in [-0.2, -0.15) is 0 Å². The number of hydrogen-bond donors (Lipinski definition) is 0. The van der Waals surface area contributed by atoms with Crippen molar-refractivity contribution in [1.82, 2.24) is 0 Å². The molecule has 2 aliphatic heterocycles. The Kier molecular flexibility index (Phi) is 6.91. The molecular weight excluding hydrogens is 446 g/mol. The van der Waals surface area contributed by atoms with Gasteiger partial charge in [-0.25, -0.2) is 9.00 Å². The maximum absolute atomic E-state index is 12.9. The van der Waals surface area contributed by atoms with Gasteiger partial charge in [0, 0.05) is 16.5 Å². The van der Waals surface area contributed by atoms with Gasteiger partial charge in [-0.1, -0.05) is 48.5 Å². The topological polar surface area (TPSA) is 82.0 Å². The first kappa shape index (κ1) is 22.5. The molecule has 2 aromatic carbocycles. The van der Waals surface area contributed by atoms with E-state index in [1.165, 1.54) is 10.8 Å². The third-order valence-electron chi connectivity index (χ3n) is 5.38. The molecule has 32 heavy (non-hydrogen) atoms. The lowest BCUT2D eigenvalue weighted by Gasteiger charge is -2.30. The van der Waals surface area contributed by atoms with E-state index < -0.39 is 33.6 Å². The smallest absolute Gasteiger partial charge is 0.337 e. The second-order valence-corrected chi connectivity index (χ2v) is 10.6. The van der Waals surface area contributed by atoms with Crippen LogP contribution in [0.3, 0.4) is 0 Å². The highest BCUT2D eigenvalue weighted by Gasteiger charge is 2.46. The van der Waals surface area contributed by atoms with E-state index in [4.69, 9.17) is 9.47 Å². The molecule has 0 saturated heterocycles. The number of ether oxygens (including phenoxy) is 2. The third kappa shape index (κ3) is 4.56. The predicted molar refractivity (Wildman–Crippen MR) is 125 cm³/mol. The van der Waals surface area contributed by atoms with Crippen molar-refractivity contribution in [2.75, 3.05) is 13.2 Å². The molecule has 6 nitrogen and oxygen atoms in total. The molecular formula is C24H23NO5S2. The van der Waals surface area contributed by atoms with E-state index in [2.05, 4.69) is 4.99 Å². The first-order valence-corrected chi connectivity index (χ1v) is 13.0. The molecule has 3 atom stereocenters. The largest absolute Gasteiger partial charge is 0.465 e. The summed E-state index contributed by atoms with van der Waals surface area (Å²) in [5.41, 5.74) is 3.23. The Morgan fingerprint density at radius 1 is 1.19 bits per heavy atom. The monoisotopic (exact) mass is 469 g/mol. The van der Waals surface area contributed by atoms with E-state index >= 15 is 0 Å². The lowest BCUT2D eigenvalue weighted by molar-refractivity contribution is -0.146. The molecule has 0 saturated carbocycles. The van der Waals surface area contributed by atoms with Crippen LogP contribution in [-0.2, 0) is 34.6 Å². The van der Waals surface area contributed by atoms with Crippen LogP contribution in [0.15, 0.2) is 75.8 Å². The molecule has 3 unspecified atom stereocenters. The van der Waals surface area contributed by atoms with Gasteiger partial charge in [0.15, 0.2) is 0 Å². The van der Waals surface area contributed by atoms with Crippen LogP contribution in [0.5, 0.6) is 0 Å². The third-order valence-corrected chi connectivity index (χ3v) is 8.14. The van der Waals surface area contributed by atoms with Gasteiger partial charge in [0.1, 0.15) is 12.5 Å². The molecule has 8 heteroatoms. The van der Waals surface area contributed by atoms with Crippen molar-refractivity contribution in [3.05, 3.63) is 77.0 Å². The SMILES string of the molecule is CCOC(=O)C1C(C)=NC2=C(C(=O)OC2)C1c1ccccc1SS(=O)Cc1ccccc1. The highest BCUT2D eigenvalue weighted by Crippen LogP contribution is 2.45. The molecule has 0 aromatic heterocycles. The molecule has 0 amide bonds. The molecule has 2 aromatic rings. The maximum Gasteiger partial charge on any atom is 0.337 e. The Balaban J connectivity index is 1.72. The molecule has 2 heterocycles. The Hall–Kier alpha value is -2.71. The Morgan fingerprint density at radius 2 is 1.91 bits per heavy atom. The van der Waals surface area contributed by atoms with Crippen LogP contribution < -0.4 is 0 Å². The minimum absolute atomic E-state index is 0.0901. The van der Waals surface area contributed by atoms with E-state index in [0.717, 1.165) is 16.0 Å². The zero-order chi connectivity index (χ0) is 22.7. The van der Waals surface area contributed by atoms with Gasteiger partial charge in [-0.3, -0.25) is 9.79 Å². The van der Waals surface area contributed by atoms with Gasteiger partial charge in [-0.15, -0.1) is 0 Å². The summed E-state index contributed by atoms with van der Waals surface area (Å²) in [6, 6.07) is 17.1. The zero-order valence-electron chi connectivity index (χ0n) is 17.8. The Labute approximate surface area is 193 Å². The van der Waals surface area contributed by atoms with Crippen molar-refractivity contribution in [3.8, 4) is 0 Å². The van der Waals surface area contributed by atoms with Gasteiger partial charge in [-0.05, 0) is 41.8 Å². The molecule has 0 radical (unpaired) electrons. The second-order valence-electron chi connectivity index (χ2n) is 7.45. The van der Waals surface area contributed by atoms with E-state index in [1.54, 1.807) is 13.8 Å². The number of hydrogen-bond acceptors (Lipinski definition) is 7. The first-order valence-electron chi connectivity index (χ1n) is 10.3. The number of benzene rings is 2. The summed E-state index contributed by atoms with van der Waals surface area (Å²) >= 11 is 0. The minimum Gasteiger partial charge on any atom is -0.465 e. The lowest BCUT2D eigenvalue weighted by Crippen LogP contribution is -2.35. The summed E-state index contributed by atoms with van der Waals surface area (Å²) in [7, 11) is -0.0199. The van der Waals surface area contributed by atoms with Gasteiger partial charge < -0.3 is 9.47 Å². The van der Waals surface area contributed by atoms with Crippen molar-refractivity contribution in [3.63, 3.8) is 0 Å². The van der Waals surface area contributed by atoms with E-state index in [1.807, 2.05) is 54.6 Å². The van der Waals surface area contributed by atoms with Crippen LogP contribution in [0.4, 0.5) is 0 Å². The number of aliphatic imine (C=N–C) groups is 1. The average Bonchev–Trinajstić information content (AvgIpc) is 3.14. The van der Waals surface area contributed by atoms with Gasteiger partial charge in [0.2, 0.25) is 0 Å². The fourth-order valence-electron chi connectivity index (χ4n) is 4.02. The number of carbonyl (C=O) groups excluding carboxylic acids is 2. The summed E-state index contributed by atoms with van der Waals surface area (Å²) in [5, 5.41) is 0. The minimum atomic E-state index is -1.25. The van der Waals surface area contributed by atoms with E-state index in [9.17, 15) is 13.8 Å². The highest BCUT2D eigenvalue weighted by molar-refractivity contribution is 8.68. The quantitative estimate of drug-likeness (QED) is 0.447. The fraction of sp³-hybridized carbons (Fsp3) is 0.292. The second kappa shape index (κ2) is 9.83. The Morgan fingerprint density at radius 3 is 2.66 bits per heavy atom. The molecule has 0 aliphatic carbocycles. The maximum atomic E-state index is 12.9. The van der Waals surface area contributed by atoms with E-state index in [-0.39, 0.29) is 13.2 Å². The summed E-state index contributed by atoms with van der Waals surface area (Å²) in [5.74, 6) is -1.86. The van der Waals surface area contributed by atoms with Crippen LogP contribution in [0.2, 0.25) is 0 Å². The molecule has 0 spiro atoms. The summed E-state index contributed by atoms with van der Waals surface area (Å²) < 4.78 is 23.5. The molecule has 0 fully saturated rings. The number of nitrogens with zero attached hydrogens (tertiary/aromatic N) is 1. The molecule has 0 N–H and O–H groups in total. The molecule has 0 bridgehead atoms. The summed E-state index contributed by atoms with van der Waals surface area (Å²) in [6.07, 6.45) is 0. The van der Waals surface area contributed by atoms with Crippen LogP contribution in [0.25, 0.3) is 0 Å². The van der Waals surface area contributed by atoms with Crippen molar-refractivity contribution in [2.24, 2.45) is 10.9 Å². The van der Waals surface area contributed by atoms with Crippen molar-refractivity contribution in [2.45, 2.75) is 30.4 Å². The predicted octanol–water partition coefficient (Wildman–Crippen LogP) is 4.19. The molecule has 2 aliphatic rings. The van der Waals surface area contributed by atoms with Crippen LogP contribution in [-0.4, -0.2) is 35.1 Å². The van der Waals surface area contributed by atoms with Gasteiger partial charge in [0.05, 0.1) is 33.5 Å². The fourth-order valence-corrected chi connectivity index (χ4v) is 6.81. The number of carbonyl (C=O) groups is 2. The standard InChI is InChI=1S/C24H23NO5S2/c1-3-29-23(26)20-15(2)25-18-13-30-24(27)22(18)21(20)17-11-7-8-12-19(17)31-32(28)14-16-9-5-4-6-10-16/h4-12,20-21H,3,13-14H2,1-2H3. The van der Waals surface area contributed by atoms with Crippen molar-refractivity contribution in [1.29, 1.82) is 0 Å². The van der Waals surface area contributed by atoms with Gasteiger partial charge in [0.25, 0.3) is 0 Å².